The van der Waals surface area contributed by atoms with Crippen molar-refractivity contribution in [2.75, 3.05) is 19.8 Å². The maximum atomic E-state index is 11.8. The molecule has 1 aromatic carbocycles. The van der Waals surface area contributed by atoms with Crippen molar-refractivity contribution in [2.45, 2.75) is 6.54 Å². The SMILES string of the molecule is O=C(CO)NCc1ccccc1C(=O)NCCO. The molecule has 0 saturated heterocycles. The van der Waals surface area contributed by atoms with Gasteiger partial charge in [0.25, 0.3) is 5.91 Å². The molecule has 2 amide bonds. The van der Waals surface area contributed by atoms with E-state index in [-0.39, 0.29) is 25.6 Å². The Balaban J connectivity index is 2.72. The van der Waals surface area contributed by atoms with Crippen molar-refractivity contribution >= 4 is 11.8 Å². The number of aliphatic hydroxyl groups excluding tert-OH is 2. The normalized spacial score (nSPS) is 9.89. The summed E-state index contributed by atoms with van der Waals surface area (Å²) in [6.07, 6.45) is 0. The maximum Gasteiger partial charge on any atom is 0.251 e. The molecule has 6 nitrogen and oxygen atoms in total. The Hall–Kier alpha value is -1.92. The first-order valence-electron chi connectivity index (χ1n) is 5.53. The van der Waals surface area contributed by atoms with Gasteiger partial charge >= 0.3 is 0 Å². The topological polar surface area (TPSA) is 98.7 Å². The molecular formula is C12H16N2O4. The minimum absolute atomic E-state index is 0.130. The molecule has 0 bridgehead atoms. The number of nitrogens with one attached hydrogen (secondary N) is 2. The van der Waals surface area contributed by atoms with Crippen LogP contribution >= 0.6 is 0 Å². The quantitative estimate of drug-likeness (QED) is 0.523. The highest BCUT2D eigenvalue weighted by Crippen LogP contribution is 2.08. The van der Waals surface area contributed by atoms with Gasteiger partial charge in [-0.15, -0.1) is 0 Å². The van der Waals surface area contributed by atoms with Crippen molar-refractivity contribution in [1.29, 1.82) is 0 Å². The Bertz CT molecular complexity index is 420. The fourth-order valence-corrected chi connectivity index (χ4v) is 1.41. The largest absolute Gasteiger partial charge is 0.395 e. The van der Waals surface area contributed by atoms with Gasteiger partial charge in [-0.3, -0.25) is 9.59 Å². The molecule has 0 atom stereocenters. The molecular weight excluding hydrogens is 236 g/mol. The third kappa shape index (κ3) is 4.15. The Labute approximate surface area is 105 Å². The average Bonchev–Trinajstić information content (AvgIpc) is 2.42. The Morgan fingerprint density at radius 3 is 2.50 bits per heavy atom. The Morgan fingerprint density at radius 1 is 1.11 bits per heavy atom. The van der Waals surface area contributed by atoms with Crippen LogP contribution in [-0.4, -0.2) is 41.8 Å². The Morgan fingerprint density at radius 2 is 1.83 bits per heavy atom. The fraction of sp³-hybridized carbons (Fsp3) is 0.333. The molecule has 0 saturated carbocycles. The zero-order valence-electron chi connectivity index (χ0n) is 9.85. The summed E-state index contributed by atoms with van der Waals surface area (Å²) in [4.78, 5) is 22.7. The molecule has 6 heteroatoms. The summed E-state index contributed by atoms with van der Waals surface area (Å²) in [5, 5.41) is 22.2. The lowest BCUT2D eigenvalue weighted by molar-refractivity contribution is -0.123. The van der Waals surface area contributed by atoms with Crippen LogP contribution in [0.3, 0.4) is 0 Å². The zero-order chi connectivity index (χ0) is 13.4. The van der Waals surface area contributed by atoms with Gasteiger partial charge in [-0.05, 0) is 11.6 Å². The van der Waals surface area contributed by atoms with Crippen molar-refractivity contribution in [1.82, 2.24) is 10.6 Å². The van der Waals surface area contributed by atoms with Crippen LogP contribution in [0.2, 0.25) is 0 Å². The summed E-state index contributed by atoms with van der Waals surface area (Å²) in [6.45, 7) is -0.369. The molecule has 1 rings (SSSR count). The predicted octanol–water partition coefficient (Wildman–Crippen LogP) is -0.983. The Kier molecular flexibility index (Phi) is 5.83. The van der Waals surface area contributed by atoms with Crippen LogP contribution in [0.4, 0.5) is 0 Å². The van der Waals surface area contributed by atoms with E-state index in [0.717, 1.165) is 0 Å². The van der Waals surface area contributed by atoms with Crippen LogP contribution in [0.15, 0.2) is 24.3 Å². The van der Waals surface area contributed by atoms with E-state index in [1.165, 1.54) is 0 Å². The van der Waals surface area contributed by atoms with Crippen LogP contribution in [-0.2, 0) is 11.3 Å². The first kappa shape index (κ1) is 14.1. The van der Waals surface area contributed by atoms with E-state index in [9.17, 15) is 9.59 Å². The van der Waals surface area contributed by atoms with Gasteiger partial charge in [0.2, 0.25) is 5.91 Å². The van der Waals surface area contributed by atoms with Gasteiger partial charge in [0.05, 0.1) is 6.61 Å². The molecule has 0 aliphatic heterocycles. The van der Waals surface area contributed by atoms with Crippen LogP contribution < -0.4 is 10.6 Å². The number of rotatable bonds is 6. The lowest BCUT2D eigenvalue weighted by atomic mass is 10.1. The first-order valence-corrected chi connectivity index (χ1v) is 5.53. The van der Waals surface area contributed by atoms with Gasteiger partial charge in [-0.2, -0.15) is 0 Å². The van der Waals surface area contributed by atoms with Crippen molar-refractivity contribution in [3.63, 3.8) is 0 Å². The standard InChI is InChI=1S/C12H16N2O4/c15-6-5-13-12(18)10-4-2-1-3-9(10)7-14-11(17)8-16/h1-4,15-16H,5-8H2,(H,13,18)(H,14,17). The van der Waals surface area contributed by atoms with E-state index >= 15 is 0 Å². The second kappa shape index (κ2) is 7.41. The van der Waals surface area contributed by atoms with Crippen LogP contribution in [0.5, 0.6) is 0 Å². The second-order valence-corrected chi connectivity index (χ2v) is 3.57. The summed E-state index contributed by atoms with van der Waals surface area (Å²) in [5.74, 6) is -0.807. The molecule has 0 heterocycles. The monoisotopic (exact) mass is 252 g/mol. The lowest BCUT2D eigenvalue weighted by Gasteiger charge is -2.10. The number of hydrogen-bond donors (Lipinski definition) is 4. The molecule has 4 N–H and O–H groups in total. The van der Waals surface area contributed by atoms with E-state index < -0.39 is 12.5 Å². The molecule has 18 heavy (non-hydrogen) atoms. The minimum Gasteiger partial charge on any atom is -0.395 e. The number of aliphatic hydroxyl groups is 2. The van der Waals surface area contributed by atoms with E-state index in [1.54, 1.807) is 24.3 Å². The van der Waals surface area contributed by atoms with E-state index in [2.05, 4.69) is 10.6 Å². The smallest absolute Gasteiger partial charge is 0.251 e. The second-order valence-electron chi connectivity index (χ2n) is 3.57. The van der Waals surface area contributed by atoms with Crippen molar-refractivity contribution in [3.8, 4) is 0 Å². The van der Waals surface area contributed by atoms with E-state index in [1.807, 2.05) is 0 Å². The third-order valence-corrected chi connectivity index (χ3v) is 2.28. The van der Waals surface area contributed by atoms with Gasteiger partial charge < -0.3 is 20.8 Å². The minimum atomic E-state index is -0.584. The number of carbonyl (C=O) groups is 2. The molecule has 0 aliphatic carbocycles. The number of carbonyl (C=O) groups excluding carboxylic acids is 2. The third-order valence-electron chi connectivity index (χ3n) is 2.28. The van der Waals surface area contributed by atoms with Gasteiger partial charge in [0, 0.05) is 18.7 Å². The summed E-state index contributed by atoms with van der Waals surface area (Å²) in [5.41, 5.74) is 1.08. The molecule has 0 spiro atoms. The van der Waals surface area contributed by atoms with Gasteiger partial charge in [0.15, 0.2) is 0 Å². The molecule has 0 unspecified atom stereocenters. The first-order chi connectivity index (χ1) is 8.69. The van der Waals surface area contributed by atoms with E-state index in [0.29, 0.717) is 11.1 Å². The molecule has 98 valence electrons. The summed E-state index contributed by atoms with van der Waals surface area (Å²) >= 11 is 0. The summed E-state index contributed by atoms with van der Waals surface area (Å²) < 4.78 is 0. The predicted molar refractivity (Wildman–Crippen MR) is 64.8 cm³/mol. The van der Waals surface area contributed by atoms with Crippen LogP contribution in [0.25, 0.3) is 0 Å². The molecule has 0 aliphatic rings. The highest BCUT2D eigenvalue weighted by molar-refractivity contribution is 5.95. The number of amides is 2. The van der Waals surface area contributed by atoms with Crippen LogP contribution in [0, 0.1) is 0 Å². The highest BCUT2D eigenvalue weighted by Gasteiger charge is 2.10. The van der Waals surface area contributed by atoms with Crippen LogP contribution in [0.1, 0.15) is 15.9 Å². The maximum absolute atomic E-state index is 11.8. The van der Waals surface area contributed by atoms with E-state index in [4.69, 9.17) is 10.2 Å². The van der Waals surface area contributed by atoms with Gasteiger partial charge in [0.1, 0.15) is 6.61 Å². The van der Waals surface area contributed by atoms with Gasteiger partial charge in [-0.1, -0.05) is 18.2 Å². The molecule has 0 radical (unpaired) electrons. The summed E-state index contributed by atoms with van der Waals surface area (Å²) in [6, 6.07) is 6.81. The number of hydrogen-bond acceptors (Lipinski definition) is 4. The van der Waals surface area contributed by atoms with Crippen molar-refractivity contribution in [2.24, 2.45) is 0 Å². The summed E-state index contributed by atoms with van der Waals surface area (Å²) in [7, 11) is 0. The van der Waals surface area contributed by atoms with Gasteiger partial charge in [-0.25, -0.2) is 0 Å². The molecule has 1 aromatic rings. The molecule has 0 aromatic heterocycles. The average molecular weight is 252 g/mol. The lowest BCUT2D eigenvalue weighted by Crippen LogP contribution is -2.30. The van der Waals surface area contributed by atoms with Crippen molar-refractivity contribution < 1.29 is 19.8 Å². The highest BCUT2D eigenvalue weighted by atomic mass is 16.3. The number of benzene rings is 1. The van der Waals surface area contributed by atoms with Crippen molar-refractivity contribution in [3.05, 3.63) is 35.4 Å². The zero-order valence-corrected chi connectivity index (χ0v) is 9.85. The fourth-order valence-electron chi connectivity index (χ4n) is 1.41. The molecule has 0 fully saturated rings.